The fourth-order valence-electron chi connectivity index (χ4n) is 4.07. The van der Waals surface area contributed by atoms with Crippen molar-refractivity contribution in [3.8, 4) is 0 Å². The van der Waals surface area contributed by atoms with Gasteiger partial charge in [0.2, 0.25) is 0 Å². The monoisotopic (exact) mass is 360 g/mol. The van der Waals surface area contributed by atoms with Crippen LogP contribution in [0.25, 0.3) is 6.08 Å². The van der Waals surface area contributed by atoms with Crippen molar-refractivity contribution in [1.29, 1.82) is 0 Å². The number of hydrogen-bond donors (Lipinski definition) is 0. The van der Waals surface area contributed by atoms with Gasteiger partial charge < -0.3 is 4.74 Å². The summed E-state index contributed by atoms with van der Waals surface area (Å²) in [4.78, 5) is 0. The van der Waals surface area contributed by atoms with Gasteiger partial charge in [0, 0.05) is 0 Å². The van der Waals surface area contributed by atoms with Gasteiger partial charge in [0.15, 0.2) is 0 Å². The standard InChI is InChI=1S/C26H32O/c1-3-5-19-27-20-22-9-13-24(14-10-22)26-17-15-25(16-18-26)23-11-7-21(6-4-2)8-12-23/h3-4,6-14,25-26H,1,5,15-20H2,2H3/t25-,26-. The predicted octanol–water partition coefficient (Wildman–Crippen LogP) is 7.25. The Morgan fingerprint density at radius 3 is 1.96 bits per heavy atom. The molecule has 0 unspecified atom stereocenters. The Labute approximate surface area is 164 Å². The fourth-order valence-corrected chi connectivity index (χ4v) is 4.07. The quantitative estimate of drug-likeness (QED) is 0.356. The molecule has 1 nitrogen and oxygen atoms in total. The molecule has 0 atom stereocenters. The van der Waals surface area contributed by atoms with E-state index in [2.05, 4.69) is 74.2 Å². The smallest absolute Gasteiger partial charge is 0.0717 e. The van der Waals surface area contributed by atoms with E-state index in [1.165, 1.54) is 47.9 Å². The topological polar surface area (TPSA) is 9.23 Å². The Hall–Kier alpha value is -2.12. The molecule has 2 aromatic carbocycles. The first-order chi connectivity index (χ1) is 13.3. The molecule has 0 N–H and O–H groups in total. The van der Waals surface area contributed by atoms with E-state index in [0.717, 1.165) is 18.9 Å². The van der Waals surface area contributed by atoms with Crippen LogP contribution in [0.5, 0.6) is 0 Å². The molecule has 1 aliphatic carbocycles. The molecule has 0 saturated heterocycles. The van der Waals surface area contributed by atoms with E-state index >= 15 is 0 Å². The largest absolute Gasteiger partial charge is 0.376 e. The van der Waals surface area contributed by atoms with Gasteiger partial charge in [-0.2, -0.15) is 0 Å². The molecule has 1 saturated carbocycles. The van der Waals surface area contributed by atoms with E-state index in [0.29, 0.717) is 12.5 Å². The van der Waals surface area contributed by atoms with E-state index in [-0.39, 0.29) is 0 Å². The minimum Gasteiger partial charge on any atom is -0.376 e. The van der Waals surface area contributed by atoms with Crippen molar-refractivity contribution in [2.24, 2.45) is 0 Å². The van der Waals surface area contributed by atoms with E-state index in [1.54, 1.807) is 0 Å². The van der Waals surface area contributed by atoms with E-state index in [4.69, 9.17) is 4.74 Å². The van der Waals surface area contributed by atoms with Crippen molar-refractivity contribution < 1.29 is 4.74 Å². The van der Waals surface area contributed by atoms with Crippen LogP contribution in [-0.2, 0) is 11.3 Å². The lowest BCUT2D eigenvalue weighted by atomic mass is 9.76. The minimum atomic E-state index is 0.698. The Bertz CT molecular complexity index is 716. The molecule has 0 bridgehead atoms. The van der Waals surface area contributed by atoms with Crippen molar-refractivity contribution in [2.45, 2.75) is 57.5 Å². The zero-order chi connectivity index (χ0) is 18.9. The number of benzene rings is 2. The summed E-state index contributed by atoms with van der Waals surface area (Å²) in [5, 5.41) is 0. The summed E-state index contributed by atoms with van der Waals surface area (Å²) in [6.07, 6.45) is 12.2. The van der Waals surface area contributed by atoms with Crippen LogP contribution in [0.1, 0.15) is 73.1 Å². The molecule has 1 aliphatic rings. The highest BCUT2D eigenvalue weighted by molar-refractivity contribution is 5.49. The summed E-state index contributed by atoms with van der Waals surface area (Å²) < 4.78 is 5.66. The maximum atomic E-state index is 5.66. The Balaban J connectivity index is 1.50. The Morgan fingerprint density at radius 2 is 1.44 bits per heavy atom. The molecule has 142 valence electrons. The summed E-state index contributed by atoms with van der Waals surface area (Å²) in [6, 6.07) is 18.2. The van der Waals surface area contributed by atoms with Crippen LogP contribution in [0, 0.1) is 0 Å². The van der Waals surface area contributed by atoms with Crippen LogP contribution in [0.4, 0.5) is 0 Å². The molecule has 3 rings (SSSR count). The molecule has 27 heavy (non-hydrogen) atoms. The Morgan fingerprint density at radius 1 is 0.889 bits per heavy atom. The first-order valence-corrected chi connectivity index (χ1v) is 10.3. The maximum absolute atomic E-state index is 5.66. The number of rotatable bonds is 8. The van der Waals surface area contributed by atoms with Gasteiger partial charge in [-0.05, 0) is 73.1 Å². The second-order valence-corrected chi connectivity index (χ2v) is 7.59. The van der Waals surface area contributed by atoms with Crippen LogP contribution in [-0.4, -0.2) is 6.61 Å². The highest BCUT2D eigenvalue weighted by atomic mass is 16.5. The average molecular weight is 361 g/mol. The Kier molecular flexibility index (Phi) is 7.47. The van der Waals surface area contributed by atoms with Crippen LogP contribution in [0.2, 0.25) is 0 Å². The van der Waals surface area contributed by atoms with Gasteiger partial charge in [-0.3, -0.25) is 0 Å². The van der Waals surface area contributed by atoms with Gasteiger partial charge in [0.05, 0.1) is 13.2 Å². The van der Waals surface area contributed by atoms with Gasteiger partial charge in [0.1, 0.15) is 0 Å². The van der Waals surface area contributed by atoms with Crippen molar-refractivity contribution in [2.75, 3.05) is 6.61 Å². The van der Waals surface area contributed by atoms with Crippen LogP contribution >= 0.6 is 0 Å². The average Bonchev–Trinajstić information content (AvgIpc) is 2.73. The maximum Gasteiger partial charge on any atom is 0.0717 e. The molecule has 1 heteroatoms. The van der Waals surface area contributed by atoms with Crippen molar-refractivity contribution >= 4 is 6.08 Å². The van der Waals surface area contributed by atoms with Crippen molar-refractivity contribution in [1.82, 2.24) is 0 Å². The predicted molar refractivity (Wildman–Crippen MR) is 116 cm³/mol. The zero-order valence-electron chi connectivity index (χ0n) is 16.6. The molecule has 0 radical (unpaired) electrons. The van der Waals surface area contributed by atoms with Crippen molar-refractivity contribution in [3.05, 3.63) is 89.5 Å². The number of hydrogen-bond acceptors (Lipinski definition) is 1. The summed E-state index contributed by atoms with van der Waals surface area (Å²) in [6.45, 7) is 7.24. The third-order valence-electron chi connectivity index (χ3n) is 5.68. The first kappa shape index (κ1) is 19.6. The molecular formula is C26H32O. The second-order valence-electron chi connectivity index (χ2n) is 7.59. The van der Waals surface area contributed by atoms with Gasteiger partial charge in [0.25, 0.3) is 0 Å². The van der Waals surface area contributed by atoms with Crippen LogP contribution in [0.3, 0.4) is 0 Å². The molecule has 0 spiro atoms. The fraction of sp³-hybridized carbons (Fsp3) is 0.385. The summed E-state index contributed by atoms with van der Waals surface area (Å²) in [5.41, 5.74) is 5.56. The molecule has 0 heterocycles. The first-order valence-electron chi connectivity index (χ1n) is 10.3. The SMILES string of the molecule is C=CCCOCc1ccc([C@H]2CC[C@H](c3ccc(C=CC)cc3)CC2)cc1. The molecular weight excluding hydrogens is 328 g/mol. The molecule has 0 amide bonds. The summed E-state index contributed by atoms with van der Waals surface area (Å²) >= 11 is 0. The highest BCUT2D eigenvalue weighted by Gasteiger charge is 2.23. The lowest BCUT2D eigenvalue weighted by Crippen LogP contribution is -2.12. The highest BCUT2D eigenvalue weighted by Crippen LogP contribution is 2.40. The van der Waals surface area contributed by atoms with Crippen molar-refractivity contribution in [3.63, 3.8) is 0 Å². The third-order valence-corrected chi connectivity index (χ3v) is 5.68. The third kappa shape index (κ3) is 5.68. The van der Waals surface area contributed by atoms with Gasteiger partial charge in [-0.1, -0.05) is 66.8 Å². The zero-order valence-corrected chi connectivity index (χ0v) is 16.6. The number of ether oxygens (including phenoxy) is 1. The van der Waals surface area contributed by atoms with Gasteiger partial charge in [-0.15, -0.1) is 6.58 Å². The number of allylic oxidation sites excluding steroid dienone is 1. The lowest BCUT2D eigenvalue weighted by molar-refractivity contribution is 0.125. The molecule has 0 aromatic heterocycles. The molecule has 1 fully saturated rings. The van der Waals surface area contributed by atoms with E-state index in [1.807, 2.05) is 6.08 Å². The molecule has 0 aliphatic heterocycles. The normalized spacial score (nSPS) is 20.0. The molecule has 2 aromatic rings. The van der Waals surface area contributed by atoms with E-state index < -0.39 is 0 Å². The summed E-state index contributed by atoms with van der Waals surface area (Å²) in [7, 11) is 0. The lowest BCUT2D eigenvalue weighted by Gasteiger charge is -2.29. The second kappa shape index (κ2) is 10.3. The van der Waals surface area contributed by atoms with Gasteiger partial charge in [-0.25, -0.2) is 0 Å². The summed E-state index contributed by atoms with van der Waals surface area (Å²) in [5.74, 6) is 1.43. The van der Waals surface area contributed by atoms with E-state index in [9.17, 15) is 0 Å². The minimum absolute atomic E-state index is 0.698. The van der Waals surface area contributed by atoms with Gasteiger partial charge >= 0.3 is 0 Å². The van der Waals surface area contributed by atoms with Crippen LogP contribution < -0.4 is 0 Å². The van der Waals surface area contributed by atoms with Crippen LogP contribution in [0.15, 0.2) is 67.3 Å².